The smallest absolute Gasteiger partial charge is 0.302 e. The number of nitrogen functional groups attached to an aromatic ring is 1. The summed E-state index contributed by atoms with van der Waals surface area (Å²) in [5.74, 6) is 2.81. The third-order valence-electron chi connectivity index (χ3n) is 3.21. The van der Waals surface area contributed by atoms with Crippen molar-refractivity contribution in [3.63, 3.8) is 0 Å². The number of carbonyl (C=O) groups is 2. The number of anilines is 1. The van der Waals surface area contributed by atoms with Gasteiger partial charge in [-0.25, -0.2) is 5.84 Å². The van der Waals surface area contributed by atoms with Crippen molar-refractivity contribution in [1.82, 2.24) is 5.43 Å². The van der Waals surface area contributed by atoms with Gasteiger partial charge in [0.25, 0.3) is 5.91 Å². The molecule has 0 radical (unpaired) electrons. The zero-order valence-electron chi connectivity index (χ0n) is 11.0. The van der Waals surface area contributed by atoms with Crippen molar-refractivity contribution < 1.29 is 21.9 Å². The van der Waals surface area contributed by atoms with Gasteiger partial charge in [0.15, 0.2) is 0 Å². The minimum absolute atomic E-state index is 0.0385. The Bertz CT molecular complexity index is 677. The van der Waals surface area contributed by atoms with Crippen LogP contribution in [0.2, 0.25) is 0 Å². The number of halogens is 1. The van der Waals surface area contributed by atoms with Crippen LogP contribution >= 0.6 is 0 Å². The van der Waals surface area contributed by atoms with Gasteiger partial charge >= 0.3 is 10.2 Å². The van der Waals surface area contributed by atoms with E-state index in [1.807, 2.05) is 5.43 Å². The SMILES string of the molecule is NNC(=O)c1ccccc1N1CC(CS(=O)(=O)F)CC1=O. The van der Waals surface area contributed by atoms with E-state index in [4.69, 9.17) is 5.84 Å². The molecule has 1 heterocycles. The average molecular weight is 315 g/mol. The molecule has 1 aromatic rings. The maximum absolute atomic E-state index is 12.7. The molecule has 1 atom stereocenters. The second-order valence-corrected chi connectivity index (χ2v) is 6.18. The molecule has 0 aromatic heterocycles. The summed E-state index contributed by atoms with van der Waals surface area (Å²) in [5, 5.41) is 0. The summed E-state index contributed by atoms with van der Waals surface area (Å²) in [6, 6.07) is 6.28. The first-order valence-corrected chi connectivity index (χ1v) is 7.69. The van der Waals surface area contributed by atoms with Crippen molar-refractivity contribution in [2.45, 2.75) is 6.42 Å². The molecule has 1 unspecified atom stereocenters. The van der Waals surface area contributed by atoms with E-state index in [9.17, 15) is 21.9 Å². The molecule has 1 aliphatic heterocycles. The third kappa shape index (κ3) is 3.56. The highest BCUT2D eigenvalue weighted by molar-refractivity contribution is 7.86. The standard InChI is InChI=1S/C12H14FN3O4S/c13-21(19,20)7-8-5-11(17)16(6-8)10-4-2-1-3-9(10)12(18)15-14/h1-4,8H,5-7,14H2,(H,15,18). The Kier molecular flexibility index (Phi) is 4.24. The summed E-state index contributed by atoms with van der Waals surface area (Å²) in [6.07, 6.45) is -0.0816. The number of benzene rings is 1. The van der Waals surface area contributed by atoms with E-state index in [2.05, 4.69) is 0 Å². The molecule has 1 fully saturated rings. The molecule has 9 heteroatoms. The molecule has 0 spiro atoms. The van der Waals surface area contributed by atoms with Gasteiger partial charge in [-0.1, -0.05) is 12.1 Å². The van der Waals surface area contributed by atoms with Crippen molar-refractivity contribution in [2.75, 3.05) is 17.2 Å². The molecule has 2 rings (SSSR count). The quantitative estimate of drug-likeness (QED) is 0.350. The zero-order valence-corrected chi connectivity index (χ0v) is 11.8. The summed E-state index contributed by atoms with van der Waals surface area (Å²) in [5.41, 5.74) is 2.49. The van der Waals surface area contributed by atoms with Gasteiger partial charge in [0.05, 0.1) is 17.0 Å². The van der Waals surface area contributed by atoms with Gasteiger partial charge in [0, 0.05) is 18.9 Å². The highest BCUT2D eigenvalue weighted by atomic mass is 32.3. The van der Waals surface area contributed by atoms with Gasteiger partial charge < -0.3 is 4.90 Å². The van der Waals surface area contributed by atoms with Crippen LogP contribution in [0.4, 0.5) is 9.57 Å². The number of para-hydroxylation sites is 1. The number of amides is 2. The molecule has 1 aromatic carbocycles. The minimum atomic E-state index is -4.65. The van der Waals surface area contributed by atoms with Crippen molar-refractivity contribution in [2.24, 2.45) is 11.8 Å². The largest absolute Gasteiger partial charge is 0.311 e. The first-order chi connectivity index (χ1) is 9.81. The van der Waals surface area contributed by atoms with E-state index in [0.29, 0.717) is 5.69 Å². The van der Waals surface area contributed by atoms with Gasteiger partial charge in [0.2, 0.25) is 5.91 Å². The molecule has 1 saturated heterocycles. The maximum atomic E-state index is 12.7. The van der Waals surface area contributed by atoms with Crippen LogP contribution in [0.5, 0.6) is 0 Å². The molecule has 7 nitrogen and oxygen atoms in total. The predicted molar refractivity (Wildman–Crippen MR) is 73.5 cm³/mol. The minimum Gasteiger partial charge on any atom is -0.311 e. The van der Waals surface area contributed by atoms with Gasteiger partial charge in [-0.3, -0.25) is 15.0 Å². The summed E-state index contributed by atoms with van der Waals surface area (Å²) >= 11 is 0. The summed E-state index contributed by atoms with van der Waals surface area (Å²) < 4.78 is 34.1. The first kappa shape index (κ1) is 15.4. The van der Waals surface area contributed by atoms with E-state index >= 15 is 0 Å². The number of hydrogen-bond acceptors (Lipinski definition) is 5. The molecule has 3 N–H and O–H groups in total. The highest BCUT2D eigenvalue weighted by Gasteiger charge is 2.35. The summed E-state index contributed by atoms with van der Waals surface area (Å²) in [7, 11) is -4.65. The molecule has 114 valence electrons. The number of hydrogen-bond donors (Lipinski definition) is 2. The van der Waals surface area contributed by atoms with E-state index in [0.717, 1.165) is 0 Å². The first-order valence-electron chi connectivity index (χ1n) is 6.14. The molecule has 21 heavy (non-hydrogen) atoms. The van der Waals surface area contributed by atoms with Gasteiger partial charge in [-0.2, -0.15) is 8.42 Å². The van der Waals surface area contributed by atoms with Crippen molar-refractivity contribution >= 4 is 27.7 Å². The van der Waals surface area contributed by atoms with Crippen LogP contribution in [0.3, 0.4) is 0 Å². The van der Waals surface area contributed by atoms with E-state index < -0.39 is 27.8 Å². The van der Waals surface area contributed by atoms with E-state index in [-0.39, 0.29) is 24.4 Å². The fourth-order valence-corrected chi connectivity index (χ4v) is 3.17. The number of hydrazine groups is 1. The lowest BCUT2D eigenvalue weighted by atomic mass is 10.1. The lowest BCUT2D eigenvalue weighted by Gasteiger charge is -2.19. The highest BCUT2D eigenvalue weighted by Crippen LogP contribution is 2.29. The fraction of sp³-hybridized carbons (Fsp3) is 0.333. The van der Waals surface area contributed by atoms with Crippen LogP contribution in [-0.4, -0.2) is 32.5 Å². The van der Waals surface area contributed by atoms with Crippen LogP contribution in [-0.2, 0) is 15.0 Å². The number of nitrogens with two attached hydrogens (primary N) is 1. The molecule has 0 aliphatic carbocycles. The lowest BCUT2D eigenvalue weighted by Crippen LogP contribution is -2.33. The van der Waals surface area contributed by atoms with Crippen LogP contribution in [0.25, 0.3) is 0 Å². The van der Waals surface area contributed by atoms with Crippen LogP contribution in [0.15, 0.2) is 24.3 Å². The Morgan fingerprint density at radius 3 is 2.71 bits per heavy atom. The molecule has 0 saturated carbocycles. The molecule has 0 bridgehead atoms. The number of carbonyl (C=O) groups excluding carboxylic acids is 2. The fourth-order valence-electron chi connectivity index (χ4n) is 2.39. The Morgan fingerprint density at radius 1 is 1.43 bits per heavy atom. The lowest BCUT2D eigenvalue weighted by molar-refractivity contribution is -0.117. The predicted octanol–water partition coefficient (Wildman–Crippen LogP) is -0.0577. The summed E-state index contributed by atoms with van der Waals surface area (Å²) in [4.78, 5) is 24.9. The van der Waals surface area contributed by atoms with Gasteiger partial charge in [-0.15, -0.1) is 3.89 Å². The van der Waals surface area contributed by atoms with Crippen molar-refractivity contribution in [1.29, 1.82) is 0 Å². The van der Waals surface area contributed by atoms with Gasteiger partial charge in [-0.05, 0) is 12.1 Å². The van der Waals surface area contributed by atoms with Gasteiger partial charge in [0.1, 0.15) is 0 Å². The molecular formula is C12H14FN3O4S. The Balaban J connectivity index is 2.27. The number of nitrogens with one attached hydrogen (secondary N) is 1. The van der Waals surface area contributed by atoms with E-state index in [1.54, 1.807) is 18.2 Å². The molecule has 1 aliphatic rings. The van der Waals surface area contributed by atoms with E-state index in [1.165, 1.54) is 11.0 Å². The number of nitrogens with zero attached hydrogens (tertiary/aromatic N) is 1. The summed E-state index contributed by atoms with van der Waals surface area (Å²) in [6.45, 7) is 0.0385. The number of rotatable bonds is 4. The Morgan fingerprint density at radius 2 is 2.10 bits per heavy atom. The van der Waals surface area contributed by atoms with Crippen LogP contribution < -0.4 is 16.2 Å². The van der Waals surface area contributed by atoms with Crippen molar-refractivity contribution in [3.05, 3.63) is 29.8 Å². The normalized spacial score (nSPS) is 18.9. The third-order valence-corrected chi connectivity index (χ3v) is 4.08. The monoisotopic (exact) mass is 315 g/mol. The Hall–Kier alpha value is -2.00. The second-order valence-electron chi connectivity index (χ2n) is 4.77. The zero-order chi connectivity index (χ0) is 15.6. The topological polar surface area (TPSA) is 110 Å². The maximum Gasteiger partial charge on any atom is 0.302 e. The molecule has 2 amide bonds. The van der Waals surface area contributed by atoms with Crippen molar-refractivity contribution in [3.8, 4) is 0 Å². The van der Waals surface area contributed by atoms with Crippen LogP contribution in [0, 0.1) is 5.92 Å². The second kappa shape index (κ2) is 5.78. The molecular weight excluding hydrogens is 301 g/mol. The average Bonchev–Trinajstić information content (AvgIpc) is 2.76. The Labute approximate surface area is 121 Å². The van der Waals surface area contributed by atoms with Crippen LogP contribution in [0.1, 0.15) is 16.8 Å².